The van der Waals surface area contributed by atoms with Gasteiger partial charge in [-0.1, -0.05) is 27.4 Å². The second-order valence-corrected chi connectivity index (χ2v) is 10.8. The fourth-order valence-electron chi connectivity index (χ4n) is 3.01. The van der Waals surface area contributed by atoms with E-state index in [1.54, 1.807) is 0 Å². The van der Waals surface area contributed by atoms with E-state index in [0.717, 1.165) is 37.0 Å². The van der Waals surface area contributed by atoms with E-state index in [1.807, 2.05) is 17.4 Å². The van der Waals surface area contributed by atoms with Gasteiger partial charge in [0.2, 0.25) is 0 Å². The largest absolute Gasteiger partial charge is 0.325 e. The third-order valence-electron chi connectivity index (χ3n) is 3.57. The molecule has 0 rings (SSSR count). The minimum atomic E-state index is -0.947. The Kier molecular flexibility index (Phi) is 7.82. The Hall–Kier alpha value is -0.190. The normalized spacial score (nSPS) is 15.3. The predicted molar refractivity (Wildman–Crippen MR) is 95.6 cm³/mol. The molecule has 4 heteroatoms. The van der Waals surface area contributed by atoms with Crippen molar-refractivity contribution in [2.24, 2.45) is 5.41 Å². The second kappa shape index (κ2) is 7.89. The Morgan fingerprint density at radius 1 is 1.19 bits per heavy atom. The van der Waals surface area contributed by atoms with E-state index >= 15 is 0 Å². The number of likely N-dealkylation sites (N-methyl/N-ethyl adjacent to an activating group) is 1. The summed E-state index contributed by atoms with van der Waals surface area (Å²) < 4.78 is 15.5. The Labute approximate surface area is 135 Å². The molecule has 0 bridgehead atoms. The van der Waals surface area contributed by atoms with Crippen molar-refractivity contribution in [2.45, 2.75) is 52.2 Å². The SMILES string of the molecule is C=CC[N+](C)(C)CCCN(C)S(=O)C(C)(C)CC(C)(C)C. The zero-order valence-electron chi connectivity index (χ0n) is 15.5. The summed E-state index contributed by atoms with van der Waals surface area (Å²) in [4.78, 5) is 0. The highest BCUT2D eigenvalue weighted by Crippen LogP contribution is 2.31. The first-order valence-corrected chi connectivity index (χ1v) is 8.97. The van der Waals surface area contributed by atoms with Crippen molar-refractivity contribution in [3.05, 3.63) is 12.7 Å². The molecule has 0 radical (unpaired) electrons. The van der Waals surface area contributed by atoms with Crippen LogP contribution in [0.4, 0.5) is 0 Å². The van der Waals surface area contributed by atoms with Crippen LogP contribution in [0.25, 0.3) is 0 Å². The zero-order chi connectivity index (χ0) is 16.9. The monoisotopic (exact) mass is 317 g/mol. The molecule has 0 aromatic rings. The lowest BCUT2D eigenvalue weighted by molar-refractivity contribution is -0.884. The molecular formula is C17H37N2OS+. The minimum absolute atomic E-state index is 0.182. The maximum Gasteiger partial charge on any atom is 0.0997 e. The molecule has 126 valence electrons. The average Bonchev–Trinajstić information content (AvgIpc) is 2.24. The lowest BCUT2D eigenvalue weighted by Gasteiger charge is -2.35. The van der Waals surface area contributed by atoms with Gasteiger partial charge in [0.15, 0.2) is 0 Å². The van der Waals surface area contributed by atoms with Gasteiger partial charge in [-0.3, -0.25) is 0 Å². The summed E-state index contributed by atoms with van der Waals surface area (Å²) in [5, 5.41) is 0. The fourth-order valence-corrected chi connectivity index (χ4v) is 4.70. The molecule has 0 saturated carbocycles. The van der Waals surface area contributed by atoms with Crippen LogP contribution in [-0.2, 0) is 11.0 Å². The summed E-state index contributed by atoms with van der Waals surface area (Å²) in [6, 6.07) is 0. The summed E-state index contributed by atoms with van der Waals surface area (Å²) in [6.07, 6.45) is 3.97. The molecule has 0 saturated heterocycles. The van der Waals surface area contributed by atoms with Crippen LogP contribution in [0.3, 0.4) is 0 Å². The van der Waals surface area contributed by atoms with Gasteiger partial charge < -0.3 is 4.48 Å². The number of nitrogens with zero attached hydrogens (tertiary/aromatic N) is 2. The highest BCUT2D eigenvalue weighted by Gasteiger charge is 2.33. The van der Waals surface area contributed by atoms with Gasteiger partial charge in [-0.25, -0.2) is 8.51 Å². The van der Waals surface area contributed by atoms with Gasteiger partial charge in [-0.05, 0) is 38.8 Å². The van der Waals surface area contributed by atoms with E-state index < -0.39 is 11.0 Å². The van der Waals surface area contributed by atoms with Crippen molar-refractivity contribution in [3.63, 3.8) is 0 Å². The van der Waals surface area contributed by atoms with Crippen molar-refractivity contribution < 1.29 is 8.69 Å². The molecule has 3 nitrogen and oxygen atoms in total. The molecule has 0 amide bonds. The van der Waals surface area contributed by atoms with Crippen LogP contribution in [0.1, 0.15) is 47.5 Å². The van der Waals surface area contributed by atoms with E-state index in [4.69, 9.17) is 0 Å². The third-order valence-corrected chi connectivity index (χ3v) is 5.41. The standard InChI is InChI=1S/C17H37N2OS/c1-10-13-19(8,9)14-11-12-18(7)21(20)17(5,6)15-16(2,3)4/h10H,1,11-15H2,2-9H3/q+1. The lowest BCUT2D eigenvalue weighted by Crippen LogP contribution is -2.43. The smallest absolute Gasteiger partial charge is 0.0997 e. The first-order chi connectivity index (χ1) is 9.31. The van der Waals surface area contributed by atoms with Gasteiger partial charge in [0.1, 0.15) is 0 Å². The van der Waals surface area contributed by atoms with E-state index in [0.29, 0.717) is 0 Å². The molecule has 1 atom stereocenters. The quantitative estimate of drug-likeness (QED) is 0.471. The Morgan fingerprint density at radius 3 is 2.14 bits per heavy atom. The van der Waals surface area contributed by atoms with Crippen molar-refractivity contribution in [2.75, 3.05) is 40.8 Å². The highest BCUT2D eigenvalue weighted by molar-refractivity contribution is 7.84. The number of rotatable bonds is 9. The molecule has 0 N–H and O–H groups in total. The van der Waals surface area contributed by atoms with E-state index in [9.17, 15) is 4.21 Å². The number of quaternary nitrogens is 1. The molecular weight excluding hydrogens is 280 g/mol. The molecule has 0 aliphatic carbocycles. The zero-order valence-corrected chi connectivity index (χ0v) is 16.3. The predicted octanol–water partition coefficient (Wildman–Crippen LogP) is 3.45. The molecule has 0 aromatic heterocycles. The summed E-state index contributed by atoms with van der Waals surface area (Å²) in [6.45, 7) is 17.6. The van der Waals surface area contributed by atoms with Crippen LogP contribution < -0.4 is 0 Å². The average molecular weight is 318 g/mol. The molecule has 21 heavy (non-hydrogen) atoms. The summed E-state index contributed by atoms with van der Waals surface area (Å²) in [5.74, 6) is 0. The Bertz CT molecular complexity index is 356. The topological polar surface area (TPSA) is 20.3 Å². The molecule has 0 heterocycles. The third kappa shape index (κ3) is 8.74. The van der Waals surface area contributed by atoms with Crippen molar-refractivity contribution in [1.29, 1.82) is 0 Å². The highest BCUT2D eigenvalue weighted by atomic mass is 32.2. The van der Waals surface area contributed by atoms with Crippen molar-refractivity contribution in [3.8, 4) is 0 Å². The van der Waals surface area contributed by atoms with Crippen LogP contribution in [0, 0.1) is 5.41 Å². The van der Waals surface area contributed by atoms with E-state index in [2.05, 4.69) is 55.3 Å². The first kappa shape index (κ1) is 20.8. The second-order valence-electron chi connectivity index (χ2n) is 8.58. The van der Waals surface area contributed by atoms with Gasteiger partial charge in [-0.15, -0.1) is 0 Å². The van der Waals surface area contributed by atoms with Crippen molar-refractivity contribution in [1.82, 2.24) is 4.31 Å². The summed E-state index contributed by atoms with van der Waals surface area (Å²) in [7, 11) is 5.45. The Balaban J connectivity index is 4.43. The van der Waals surface area contributed by atoms with Gasteiger partial charge in [-0.2, -0.15) is 0 Å². The molecule has 0 spiro atoms. The summed E-state index contributed by atoms with van der Waals surface area (Å²) >= 11 is 0. The van der Waals surface area contributed by atoms with Gasteiger partial charge >= 0.3 is 0 Å². The van der Waals surface area contributed by atoms with E-state index in [-0.39, 0.29) is 10.2 Å². The molecule has 1 unspecified atom stereocenters. The van der Waals surface area contributed by atoms with Crippen molar-refractivity contribution >= 4 is 11.0 Å². The number of hydrogen-bond acceptors (Lipinski definition) is 1. The Morgan fingerprint density at radius 2 is 1.71 bits per heavy atom. The lowest BCUT2D eigenvalue weighted by atomic mass is 9.86. The van der Waals surface area contributed by atoms with Crippen LogP contribution in [0.5, 0.6) is 0 Å². The van der Waals surface area contributed by atoms with Crippen LogP contribution in [0.15, 0.2) is 12.7 Å². The molecule has 0 aromatic carbocycles. The maximum absolute atomic E-state index is 12.7. The van der Waals surface area contributed by atoms with Gasteiger partial charge in [0, 0.05) is 13.0 Å². The van der Waals surface area contributed by atoms with Gasteiger partial charge in [0.25, 0.3) is 0 Å². The first-order valence-electron chi connectivity index (χ1n) is 7.87. The molecule has 0 aliphatic heterocycles. The van der Waals surface area contributed by atoms with Gasteiger partial charge in [0.05, 0.1) is 42.9 Å². The number of hydrogen-bond donors (Lipinski definition) is 0. The maximum atomic E-state index is 12.7. The van der Waals surface area contributed by atoms with Crippen LogP contribution in [0.2, 0.25) is 0 Å². The van der Waals surface area contributed by atoms with Crippen LogP contribution >= 0.6 is 0 Å². The minimum Gasteiger partial charge on any atom is -0.325 e. The van der Waals surface area contributed by atoms with E-state index in [1.165, 1.54) is 0 Å². The van der Waals surface area contributed by atoms with Crippen LogP contribution in [-0.4, -0.2) is 58.5 Å². The molecule has 0 fully saturated rings. The summed E-state index contributed by atoms with van der Waals surface area (Å²) in [5.41, 5.74) is 0.197. The molecule has 0 aliphatic rings. The fraction of sp³-hybridized carbons (Fsp3) is 0.882.